The zero-order valence-corrected chi connectivity index (χ0v) is 22.0. The van der Waals surface area contributed by atoms with Gasteiger partial charge in [-0.2, -0.15) is 0 Å². The number of likely N-dealkylation sites (N-methyl/N-ethyl adjacent to an activating group) is 1. The van der Waals surface area contributed by atoms with Crippen molar-refractivity contribution in [2.75, 3.05) is 53.0 Å². The number of amides is 4. The molecule has 10 heteroatoms. The van der Waals surface area contributed by atoms with Crippen LogP contribution in [0.1, 0.15) is 45.7 Å². The number of rotatable bonds is 8. The first-order valence-corrected chi connectivity index (χ1v) is 12.7. The van der Waals surface area contributed by atoms with Crippen molar-refractivity contribution in [3.05, 3.63) is 41.1 Å². The third-order valence-electron chi connectivity index (χ3n) is 6.34. The number of urea groups is 2. The zero-order valence-electron chi connectivity index (χ0n) is 22.0. The molecule has 0 unspecified atom stereocenters. The van der Waals surface area contributed by atoms with E-state index >= 15 is 0 Å². The van der Waals surface area contributed by atoms with Crippen molar-refractivity contribution >= 4 is 18.0 Å². The molecule has 4 amide bonds. The summed E-state index contributed by atoms with van der Waals surface area (Å²) in [5.41, 5.74) is 1.80. The molecule has 2 heterocycles. The fraction of sp³-hybridized carbons (Fsp3) is 0.577. The number of carbonyl (C=O) groups excluding carboxylic acids is 3. The summed E-state index contributed by atoms with van der Waals surface area (Å²) < 4.78 is 10.8. The molecule has 2 N–H and O–H groups in total. The summed E-state index contributed by atoms with van der Waals surface area (Å²) in [6.45, 7) is 11.2. The number of carbonyl (C=O) groups is 3. The van der Waals surface area contributed by atoms with Gasteiger partial charge in [0.05, 0.1) is 25.3 Å². The Labute approximate surface area is 213 Å². The van der Waals surface area contributed by atoms with Gasteiger partial charge >= 0.3 is 18.0 Å². The molecule has 36 heavy (non-hydrogen) atoms. The minimum Gasteiger partial charge on any atom is -0.497 e. The fourth-order valence-corrected chi connectivity index (χ4v) is 4.61. The van der Waals surface area contributed by atoms with Crippen molar-refractivity contribution in [2.24, 2.45) is 0 Å². The minimum absolute atomic E-state index is 0.0661. The van der Waals surface area contributed by atoms with Crippen molar-refractivity contribution in [2.45, 2.75) is 46.2 Å². The lowest BCUT2D eigenvalue weighted by Crippen LogP contribution is -2.51. The molecular formula is C26H39N5O5. The monoisotopic (exact) mass is 501 g/mol. The fourth-order valence-electron chi connectivity index (χ4n) is 4.61. The lowest BCUT2D eigenvalue weighted by atomic mass is 9.94. The second-order valence-electron chi connectivity index (χ2n) is 9.21. The number of esters is 1. The summed E-state index contributed by atoms with van der Waals surface area (Å²) >= 11 is 0. The second-order valence-corrected chi connectivity index (χ2v) is 9.21. The summed E-state index contributed by atoms with van der Waals surface area (Å²) in [5, 5.41) is 5.94. The third-order valence-corrected chi connectivity index (χ3v) is 6.34. The molecule has 0 aliphatic carbocycles. The maximum Gasteiger partial charge on any atom is 0.338 e. The lowest BCUT2D eigenvalue weighted by molar-refractivity contribution is -0.139. The first kappa shape index (κ1) is 27.3. The molecule has 2 aliphatic heterocycles. The number of benzene rings is 1. The van der Waals surface area contributed by atoms with Gasteiger partial charge in [-0.05, 0) is 51.8 Å². The van der Waals surface area contributed by atoms with Crippen molar-refractivity contribution < 1.29 is 23.9 Å². The molecule has 0 aromatic heterocycles. The quantitative estimate of drug-likeness (QED) is 0.531. The van der Waals surface area contributed by atoms with Gasteiger partial charge in [0.15, 0.2) is 0 Å². The Morgan fingerprint density at radius 2 is 1.94 bits per heavy atom. The highest BCUT2D eigenvalue weighted by Crippen LogP contribution is 2.33. The molecule has 1 aromatic rings. The van der Waals surface area contributed by atoms with E-state index in [9.17, 15) is 14.4 Å². The van der Waals surface area contributed by atoms with E-state index in [0.717, 1.165) is 18.5 Å². The Morgan fingerprint density at radius 1 is 1.17 bits per heavy atom. The lowest BCUT2D eigenvalue weighted by Gasteiger charge is -2.38. The molecule has 1 saturated heterocycles. The van der Waals surface area contributed by atoms with Crippen LogP contribution in [0.25, 0.3) is 0 Å². The van der Waals surface area contributed by atoms with Gasteiger partial charge in [-0.15, -0.1) is 0 Å². The molecule has 10 nitrogen and oxygen atoms in total. The van der Waals surface area contributed by atoms with E-state index in [1.54, 1.807) is 18.9 Å². The summed E-state index contributed by atoms with van der Waals surface area (Å²) in [7, 11) is 1.58. The van der Waals surface area contributed by atoms with Gasteiger partial charge in [0, 0.05) is 51.0 Å². The molecule has 0 radical (unpaired) electrons. The molecule has 0 saturated carbocycles. The highest BCUT2D eigenvalue weighted by molar-refractivity contribution is 5.95. The van der Waals surface area contributed by atoms with E-state index in [2.05, 4.69) is 15.5 Å². The van der Waals surface area contributed by atoms with Crippen LogP contribution in [0.15, 0.2) is 35.5 Å². The van der Waals surface area contributed by atoms with E-state index in [0.29, 0.717) is 49.7 Å². The van der Waals surface area contributed by atoms with Gasteiger partial charge in [-0.3, -0.25) is 9.80 Å². The highest BCUT2D eigenvalue weighted by Gasteiger charge is 2.38. The van der Waals surface area contributed by atoms with Crippen LogP contribution in [-0.2, 0) is 9.53 Å². The topological polar surface area (TPSA) is 103 Å². The van der Waals surface area contributed by atoms with Gasteiger partial charge in [0.2, 0.25) is 0 Å². The molecule has 0 spiro atoms. The largest absolute Gasteiger partial charge is 0.497 e. The number of hydrogen-bond acceptors (Lipinski definition) is 6. The smallest absolute Gasteiger partial charge is 0.338 e. The van der Waals surface area contributed by atoms with Crippen molar-refractivity contribution in [3.8, 4) is 5.75 Å². The molecule has 0 bridgehead atoms. The summed E-state index contributed by atoms with van der Waals surface area (Å²) in [4.78, 5) is 44.6. The van der Waals surface area contributed by atoms with Gasteiger partial charge in [-0.25, -0.2) is 14.4 Å². The van der Waals surface area contributed by atoms with Crippen molar-refractivity contribution in [1.29, 1.82) is 0 Å². The minimum atomic E-state index is -0.662. The Hall–Kier alpha value is -3.27. The van der Waals surface area contributed by atoms with Gasteiger partial charge in [-0.1, -0.05) is 12.1 Å². The van der Waals surface area contributed by atoms with Crippen LogP contribution < -0.4 is 15.4 Å². The second kappa shape index (κ2) is 12.6. The average molecular weight is 502 g/mol. The maximum atomic E-state index is 13.3. The van der Waals surface area contributed by atoms with Crippen molar-refractivity contribution in [3.63, 3.8) is 0 Å². The predicted molar refractivity (Wildman–Crippen MR) is 137 cm³/mol. The standard InChI is InChI=1S/C26H39N5O5/c1-6-31-21(17-29-12-9-13-30(15-14-29)25(33)27-18(3)4)22(24(32)36-7-2)23(28-26(31)34)19-10-8-11-20(16-19)35-5/h8,10-11,16,18,23H,6-7,9,12-15,17H2,1-5H3,(H,27,33)(H,28,34)/t23-/m0/s1. The molecule has 198 valence electrons. The van der Waals surface area contributed by atoms with Crippen LogP contribution in [-0.4, -0.2) is 91.8 Å². The van der Waals surface area contributed by atoms with E-state index in [-0.39, 0.29) is 24.7 Å². The number of nitrogens with zero attached hydrogens (tertiary/aromatic N) is 3. The van der Waals surface area contributed by atoms with Crippen LogP contribution in [0, 0.1) is 0 Å². The first-order chi connectivity index (χ1) is 17.3. The highest BCUT2D eigenvalue weighted by atomic mass is 16.5. The molecule has 1 atom stereocenters. The average Bonchev–Trinajstić information content (AvgIpc) is 3.09. The van der Waals surface area contributed by atoms with E-state index in [1.807, 2.05) is 49.9 Å². The SMILES string of the molecule is CCOC(=O)C1=C(CN2CCCN(C(=O)NC(C)C)CC2)N(CC)C(=O)N[C@H]1c1cccc(OC)c1. The summed E-state index contributed by atoms with van der Waals surface area (Å²) in [5.74, 6) is 0.184. The van der Waals surface area contributed by atoms with E-state index < -0.39 is 12.0 Å². The van der Waals surface area contributed by atoms with Gasteiger partial charge in [0.1, 0.15) is 5.75 Å². The predicted octanol–water partition coefficient (Wildman–Crippen LogP) is 2.72. The number of nitrogens with one attached hydrogen (secondary N) is 2. The molecular weight excluding hydrogens is 462 g/mol. The Bertz CT molecular complexity index is 979. The summed E-state index contributed by atoms with van der Waals surface area (Å²) in [6.07, 6.45) is 0.797. The Balaban J connectivity index is 1.95. The van der Waals surface area contributed by atoms with E-state index in [1.165, 1.54) is 0 Å². The van der Waals surface area contributed by atoms with Crippen LogP contribution in [0.2, 0.25) is 0 Å². The molecule has 3 rings (SSSR count). The zero-order chi connectivity index (χ0) is 26.2. The van der Waals surface area contributed by atoms with Gasteiger partial charge in [0.25, 0.3) is 0 Å². The number of hydrogen-bond donors (Lipinski definition) is 2. The van der Waals surface area contributed by atoms with Crippen LogP contribution in [0.5, 0.6) is 5.75 Å². The van der Waals surface area contributed by atoms with Crippen molar-refractivity contribution in [1.82, 2.24) is 25.3 Å². The molecule has 2 aliphatic rings. The summed E-state index contributed by atoms with van der Waals surface area (Å²) in [6, 6.07) is 6.42. The first-order valence-electron chi connectivity index (χ1n) is 12.7. The Kier molecular flexibility index (Phi) is 9.58. The normalized spacial score (nSPS) is 19.2. The number of methoxy groups -OCH3 is 1. The van der Waals surface area contributed by atoms with Gasteiger partial charge < -0.3 is 25.0 Å². The molecule has 1 aromatic carbocycles. The third kappa shape index (κ3) is 6.48. The molecule has 1 fully saturated rings. The van der Waals surface area contributed by atoms with E-state index in [4.69, 9.17) is 9.47 Å². The van der Waals surface area contributed by atoms with Crippen LogP contribution >= 0.6 is 0 Å². The maximum absolute atomic E-state index is 13.3. The van der Waals surface area contributed by atoms with Crippen LogP contribution in [0.4, 0.5) is 9.59 Å². The van der Waals surface area contributed by atoms with Crippen LogP contribution in [0.3, 0.4) is 0 Å². The Morgan fingerprint density at radius 3 is 2.61 bits per heavy atom. The number of ether oxygens (including phenoxy) is 2.